The van der Waals surface area contributed by atoms with Crippen LogP contribution in [0.25, 0.3) is 0 Å². The van der Waals surface area contributed by atoms with Gasteiger partial charge in [-0.3, -0.25) is 10.1 Å². The van der Waals surface area contributed by atoms with Crippen molar-refractivity contribution in [2.75, 3.05) is 5.32 Å². The van der Waals surface area contributed by atoms with Gasteiger partial charge in [-0.25, -0.2) is 4.79 Å². The number of nitrogens with zero attached hydrogens (tertiary/aromatic N) is 1. The summed E-state index contributed by atoms with van der Waals surface area (Å²) < 4.78 is 0. The van der Waals surface area contributed by atoms with E-state index < -0.39 is 16.9 Å². The first kappa shape index (κ1) is 14.3. The van der Waals surface area contributed by atoms with E-state index in [0.717, 1.165) is 18.2 Å². The lowest BCUT2D eigenvalue weighted by Gasteiger charge is -2.16. The van der Waals surface area contributed by atoms with Gasteiger partial charge in [0.1, 0.15) is 5.75 Å². The molecule has 1 atom stereocenters. The van der Waals surface area contributed by atoms with Crippen molar-refractivity contribution >= 4 is 17.3 Å². The van der Waals surface area contributed by atoms with Gasteiger partial charge in [0, 0.05) is 12.1 Å². The molecule has 0 fully saturated rings. The molecule has 0 amide bonds. The number of benzene rings is 2. The van der Waals surface area contributed by atoms with Crippen molar-refractivity contribution in [1.82, 2.24) is 0 Å². The van der Waals surface area contributed by atoms with E-state index in [-0.39, 0.29) is 17.1 Å². The van der Waals surface area contributed by atoms with Crippen molar-refractivity contribution in [2.45, 2.75) is 6.04 Å². The van der Waals surface area contributed by atoms with Gasteiger partial charge in [-0.15, -0.1) is 0 Å². The minimum absolute atomic E-state index is 0.0135. The Hall–Kier alpha value is -3.09. The minimum Gasteiger partial charge on any atom is -0.506 e. The number of hydrogen-bond acceptors (Lipinski definition) is 5. The van der Waals surface area contributed by atoms with Gasteiger partial charge >= 0.3 is 5.97 Å². The highest BCUT2D eigenvalue weighted by Crippen LogP contribution is 2.31. The number of hydrogen-bond donors (Lipinski definition) is 3. The highest BCUT2D eigenvalue weighted by Gasteiger charge is 2.21. The molecule has 0 bridgehead atoms. The molecule has 2 aromatic carbocycles. The fourth-order valence-corrected chi connectivity index (χ4v) is 1.84. The Balaban J connectivity index is 2.36. The molecule has 0 aliphatic carbocycles. The normalized spacial score (nSPS) is 11.6. The van der Waals surface area contributed by atoms with Gasteiger partial charge < -0.3 is 15.5 Å². The summed E-state index contributed by atoms with van der Waals surface area (Å²) in [6.07, 6.45) is 0. The van der Waals surface area contributed by atoms with Crippen LogP contribution in [0, 0.1) is 10.1 Å². The summed E-state index contributed by atoms with van der Waals surface area (Å²) in [5, 5.41) is 32.3. The molecule has 0 spiro atoms. The smallest absolute Gasteiger partial charge is 0.330 e. The molecular weight excluding hydrogens is 276 g/mol. The molecule has 21 heavy (non-hydrogen) atoms. The fourth-order valence-electron chi connectivity index (χ4n) is 1.84. The number of nitrogens with one attached hydrogen (secondary N) is 1. The van der Waals surface area contributed by atoms with E-state index in [0.29, 0.717) is 5.56 Å². The van der Waals surface area contributed by atoms with Gasteiger partial charge in [0.15, 0.2) is 6.04 Å². The second-order valence-corrected chi connectivity index (χ2v) is 4.28. The molecule has 0 aliphatic heterocycles. The van der Waals surface area contributed by atoms with E-state index in [9.17, 15) is 25.1 Å². The maximum atomic E-state index is 11.4. The number of carboxylic acids is 1. The zero-order valence-electron chi connectivity index (χ0n) is 10.8. The summed E-state index contributed by atoms with van der Waals surface area (Å²) in [5.41, 5.74) is 0.212. The molecule has 0 aromatic heterocycles. The topological polar surface area (TPSA) is 113 Å². The van der Waals surface area contributed by atoms with Gasteiger partial charge in [0.25, 0.3) is 5.69 Å². The molecule has 0 radical (unpaired) electrons. The molecule has 0 saturated heterocycles. The van der Waals surface area contributed by atoms with Crippen LogP contribution in [0.2, 0.25) is 0 Å². The van der Waals surface area contributed by atoms with Crippen LogP contribution in [0.4, 0.5) is 11.4 Å². The van der Waals surface area contributed by atoms with Crippen molar-refractivity contribution in [2.24, 2.45) is 0 Å². The van der Waals surface area contributed by atoms with Gasteiger partial charge in [0.05, 0.1) is 10.6 Å². The second kappa shape index (κ2) is 5.91. The zero-order valence-corrected chi connectivity index (χ0v) is 10.8. The first-order valence-electron chi connectivity index (χ1n) is 6.00. The Morgan fingerprint density at radius 2 is 1.86 bits per heavy atom. The molecule has 108 valence electrons. The monoisotopic (exact) mass is 288 g/mol. The first-order chi connectivity index (χ1) is 9.99. The van der Waals surface area contributed by atoms with E-state index in [1.165, 1.54) is 0 Å². The Kier molecular flexibility index (Phi) is 4.03. The van der Waals surface area contributed by atoms with Crippen LogP contribution >= 0.6 is 0 Å². The third-order valence-corrected chi connectivity index (χ3v) is 2.87. The fraction of sp³-hybridized carbons (Fsp3) is 0.0714. The largest absolute Gasteiger partial charge is 0.506 e. The lowest BCUT2D eigenvalue weighted by molar-refractivity contribution is -0.384. The van der Waals surface area contributed by atoms with Crippen LogP contribution < -0.4 is 5.32 Å². The van der Waals surface area contributed by atoms with E-state index in [1.54, 1.807) is 30.3 Å². The number of phenolic OH excluding ortho intramolecular Hbond substituents is 1. The van der Waals surface area contributed by atoms with Crippen LogP contribution in [0.3, 0.4) is 0 Å². The molecule has 2 aromatic rings. The standard InChI is InChI=1S/C14H12N2O5/c17-12-7-6-10(16(20)21)8-11(12)15-13(14(18)19)9-4-2-1-3-5-9/h1-8,13,15,17H,(H,18,19). The third kappa shape index (κ3) is 3.27. The maximum Gasteiger partial charge on any atom is 0.330 e. The highest BCUT2D eigenvalue weighted by atomic mass is 16.6. The number of aliphatic carboxylic acids is 1. The number of nitro groups is 1. The van der Waals surface area contributed by atoms with Crippen LogP contribution in [0.5, 0.6) is 5.75 Å². The number of phenols is 1. The number of rotatable bonds is 5. The lowest BCUT2D eigenvalue weighted by Crippen LogP contribution is -2.20. The summed E-state index contributed by atoms with van der Waals surface area (Å²) in [5.74, 6) is -1.42. The number of carboxylic acid groups (broad SMARTS) is 1. The summed E-state index contributed by atoms with van der Waals surface area (Å²) in [6.45, 7) is 0. The number of non-ortho nitro benzene ring substituents is 1. The lowest BCUT2D eigenvalue weighted by atomic mass is 10.1. The number of nitro benzene ring substituents is 1. The Morgan fingerprint density at radius 3 is 2.43 bits per heavy atom. The molecule has 1 unspecified atom stereocenters. The Bertz CT molecular complexity index is 672. The molecule has 0 heterocycles. The van der Waals surface area contributed by atoms with E-state index in [1.807, 2.05) is 0 Å². The SMILES string of the molecule is O=C(O)C(Nc1cc([N+](=O)[O-])ccc1O)c1ccccc1. The molecule has 0 aliphatic rings. The predicted octanol–water partition coefficient (Wildman–Crippen LogP) is 2.54. The van der Waals surface area contributed by atoms with Crippen LogP contribution in [0.15, 0.2) is 48.5 Å². The van der Waals surface area contributed by atoms with Gasteiger partial charge in [-0.2, -0.15) is 0 Å². The molecular formula is C14H12N2O5. The van der Waals surface area contributed by atoms with E-state index >= 15 is 0 Å². The van der Waals surface area contributed by atoms with Crippen LogP contribution in [-0.2, 0) is 4.79 Å². The predicted molar refractivity (Wildman–Crippen MR) is 75.2 cm³/mol. The van der Waals surface area contributed by atoms with Gasteiger partial charge in [-0.1, -0.05) is 30.3 Å². The Labute approximate surface area is 119 Å². The van der Waals surface area contributed by atoms with Crippen molar-refractivity contribution < 1.29 is 19.9 Å². The van der Waals surface area contributed by atoms with Crippen molar-refractivity contribution in [1.29, 1.82) is 0 Å². The van der Waals surface area contributed by atoms with E-state index in [2.05, 4.69) is 5.32 Å². The van der Waals surface area contributed by atoms with Gasteiger partial charge in [-0.05, 0) is 11.6 Å². The summed E-state index contributed by atoms with van der Waals surface area (Å²) >= 11 is 0. The summed E-state index contributed by atoms with van der Waals surface area (Å²) in [7, 11) is 0. The summed E-state index contributed by atoms with van der Waals surface area (Å²) in [6, 6.07) is 10.6. The minimum atomic E-state index is -1.16. The molecule has 3 N–H and O–H groups in total. The summed E-state index contributed by atoms with van der Waals surface area (Å²) in [4.78, 5) is 21.5. The second-order valence-electron chi connectivity index (χ2n) is 4.28. The first-order valence-corrected chi connectivity index (χ1v) is 6.00. The maximum absolute atomic E-state index is 11.4. The molecule has 7 nitrogen and oxygen atoms in total. The molecule has 7 heteroatoms. The molecule has 0 saturated carbocycles. The van der Waals surface area contributed by atoms with Crippen LogP contribution in [0.1, 0.15) is 11.6 Å². The highest BCUT2D eigenvalue weighted by molar-refractivity contribution is 5.80. The quantitative estimate of drug-likeness (QED) is 0.442. The average molecular weight is 288 g/mol. The number of anilines is 1. The Morgan fingerprint density at radius 1 is 1.19 bits per heavy atom. The van der Waals surface area contributed by atoms with Crippen molar-refractivity contribution in [3.8, 4) is 5.75 Å². The van der Waals surface area contributed by atoms with Crippen molar-refractivity contribution in [3.05, 3.63) is 64.2 Å². The number of aromatic hydroxyl groups is 1. The van der Waals surface area contributed by atoms with Gasteiger partial charge in [0.2, 0.25) is 0 Å². The average Bonchev–Trinajstić information content (AvgIpc) is 2.46. The van der Waals surface area contributed by atoms with E-state index in [4.69, 9.17) is 0 Å². The van der Waals surface area contributed by atoms with Crippen molar-refractivity contribution in [3.63, 3.8) is 0 Å². The number of carbonyl (C=O) groups is 1. The molecule has 2 rings (SSSR count). The third-order valence-electron chi connectivity index (χ3n) is 2.87. The zero-order chi connectivity index (χ0) is 15.4. The van der Waals surface area contributed by atoms with Crippen LogP contribution in [-0.4, -0.2) is 21.1 Å².